The average Bonchev–Trinajstić information content (AvgIpc) is 2.95. The summed E-state index contributed by atoms with van der Waals surface area (Å²) < 4.78 is 2.63. The topological polar surface area (TPSA) is 83.7 Å². The van der Waals surface area contributed by atoms with E-state index in [1.54, 1.807) is 36.5 Å². The number of amides is 1. The Morgan fingerprint density at radius 1 is 1.14 bits per heavy atom. The number of nitrogens with zero attached hydrogens (tertiary/aromatic N) is 2. The number of aromatic carboxylic acids is 1. The van der Waals surface area contributed by atoms with E-state index in [4.69, 9.17) is 16.7 Å². The van der Waals surface area contributed by atoms with Gasteiger partial charge < -0.3 is 9.67 Å². The van der Waals surface area contributed by atoms with Gasteiger partial charge in [0.1, 0.15) is 0 Å². The summed E-state index contributed by atoms with van der Waals surface area (Å²) in [5.74, 6) is -1.39. The summed E-state index contributed by atoms with van der Waals surface area (Å²) >= 11 is 9.44. The number of rotatable bonds is 5. The van der Waals surface area contributed by atoms with Gasteiger partial charge in [-0.25, -0.2) is 10.2 Å². The maximum atomic E-state index is 12.2. The number of aryl methyl sites for hydroxylation is 1. The Hall–Kier alpha value is -2.90. The molecule has 0 spiro atoms. The minimum absolute atomic E-state index is 0.0504. The van der Waals surface area contributed by atoms with Gasteiger partial charge in [-0.15, -0.1) is 0 Å². The molecule has 0 saturated carbocycles. The van der Waals surface area contributed by atoms with Crippen LogP contribution < -0.4 is 5.43 Å². The number of hydrogen-bond donors (Lipinski definition) is 2. The molecule has 1 heterocycles. The normalized spacial score (nSPS) is 11.0. The molecule has 1 aromatic heterocycles. The SMILES string of the molecule is Cc1cc(/C=N\NC(=O)c2ccccc2Br)c(C)n1-c1ccc(C(=O)O)c(Cl)c1. The second-order valence-corrected chi connectivity index (χ2v) is 7.57. The molecule has 0 aliphatic rings. The number of carboxylic acid groups (broad SMARTS) is 1. The zero-order valence-corrected chi connectivity index (χ0v) is 18.0. The van der Waals surface area contributed by atoms with Crippen molar-refractivity contribution in [3.05, 3.63) is 86.1 Å². The third-order valence-electron chi connectivity index (χ3n) is 4.40. The predicted octanol–water partition coefficient (Wildman–Crippen LogP) is 4.97. The molecule has 0 atom stereocenters. The maximum Gasteiger partial charge on any atom is 0.337 e. The van der Waals surface area contributed by atoms with Gasteiger partial charge in [-0.05, 0) is 66.2 Å². The maximum absolute atomic E-state index is 12.2. The van der Waals surface area contributed by atoms with E-state index in [9.17, 15) is 9.59 Å². The minimum atomic E-state index is -1.07. The molecule has 148 valence electrons. The highest BCUT2D eigenvalue weighted by Crippen LogP contribution is 2.25. The Bertz CT molecular complexity index is 1140. The molecule has 8 heteroatoms. The van der Waals surface area contributed by atoms with Gasteiger partial charge >= 0.3 is 5.97 Å². The van der Waals surface area contributed by atoms with Gasteiger partial charge in [0.25, 0.3) is 5.91 Å². The number of benzene rings is 2. The molecule has 0 bridgehead atoms. The van der Waals surface area contributed by atoms with Crippen molar-refractivity contribution in [3.8, 4) is 5.69 Å². The van der Waals surface area contributed by atoms with Gasteiger partial charge in [-0.2, -0.15) is 5.10 Å². The van der Waals surface area contributed by atoms with Gasteiger partial charge in [0, 0.05) is 27.1 Å². The van der Waals surface area contributed by atoms with E-state index < -0.39 is 5.97 Å². The second kappa shape index (κ2) is 8.63. The molecule has 0 fully saturated rings. The molecule has 0 unspecified atom stereocenters. The Morgan fingerprint density at radius 2 is 1.86 bits per heavy atom. The summed E-state index contributed by atoms with van der Waals surface area (Å²) in [7, 11) is 0. The number of hydrogen-bond acceptors (Lipinski definition) is 3. The van der Waals surface area contributed by atoms with Crippen LogP contribution in [0.1, 0.15) is 37.7 Å². The molecule has 2 aromatic carbocycles. The number of carboxylic acids is 1. The van der Waals surface area contributed by atoms with Crippen molar-refractivity contribution < 1.29 is 14.7 Å². The van der Waals surface area contributed by atoms with E-state index in [1.807, 2.05) is 30.5 Å². The number of hydrazone groups is 1. The van der Waals surface area contributed by atoms with E-state index in [-0.39, 0.29) is 16.5 Å². The summed E-state index contributed by atoms with van der Waals surface area (Å²) in [5, 5.41) is 13.4. The Labute approximate surface area is 180 Å². The Morgan fingerprint density at radius 3 is 2.52 bits per heavy atom. The minimum Gasteiger partial charge on any atom is -0.478 e. The highest BCUT2D eigenvalue weighted by Gasteiger charge is 2.14. The number of nitrogens with one attached hydrogen (secondary N) is 1. The lowest BCUT2D eigenvalue weighted by Gasteiger charge is -2.11. The van der Waals surface area contributed by atoms with Crippen LogP contribution in [-0.4, -0.2) is 27.8 Å². The van der Waals surface area contributed by atoms with Gasteiger partial charge in [-0.1, -0.05) is 23.7 Å². The number of carbonyl (C=O) groups excluding carboxylic acids is 1. The quantitative estimate of drug-likeness (QED) is 0.404. The fourth-order valence-corrected chi connectivity index (χ4v) is 3.72. The molecule has 6 nitrogen and oxygen atoms in total. The smallest absolute Gasteiger partial charge is 0.337 e. The summed E-state index contributed by atoms with van der Waals surface area (Å²) in [6.07, 6.45) is 1.57. The zero-order valence-electron chi connectivity index (χ0n) is 15.6. The molecule has 1 amide bonds. The van der Waals surface area contributed by atoms with E-state index in [2.05, 4.69) is 26.5 Å². The molecule has 0 radical (unpaired) electrons. The highest BCUT2D eigenvalue weighted by atomic mass is 79.9. The zero-order chi connectivity index (χ0) is 21.1. The van der Waals surface area contributed by atoms with Gasteiger partial charge in [0.15, 0.2) is 0 Å². The van der Waals surface area contributed by atoms with Crippen LogP contribution >= 0.6 is 27.5 Å². The van der Waals surface area contributed by atoms with Crippen molar-refractivity contribution >= 4 is 45.6 Å². The highest BCUT2D eigenvalue weighted by molar-refractivity contribution is 9.10. The molecule has 29 heavy (non-hydrogen) atoms. The molecule has 2 N–H and O–H groups in total. The van der Waals surface area contributed by atoms with Gasteiger partial charge in [-0.3, -0.25) is 4.79 Å². The Kier molecular flexibility index (Phi) is 6.20. The van der Waals surface area contributed by atoms with Crippen LogP contribution in [0.4, 0.5) is 0 Å². The van der Waals surface area contributed by atoms with Crippen LogP contribution in [0.3, 0.4) is 0 Å². The number of carbonyl (C=O) groups is 2. The van der Waals surface area contributed by atoms with Crippen LogP contribution in [0.15, 0.2) is 58.1 Å². The lowest BCUT2D eigenvalue weighted by Crippen LogP contribution is -2.18. The van der Waals surface area contributed by atoms with E-state index >= 15 is 0 Å². The van der Waals surface area contributed by atoms with Crippen molar-refractivity contribution in [2.75, 3.05) is 0 Å². The van der Waals surface area contributed by atoms with E-state index in [1.165, 1.54) is 6.07 Å². The first-order valence-electron chi connectivity index (χ1n) is 8.59. The van der Waals surface area contributed by atoms with Crippen molar-refractivity contribution in [1.82, 2.24) is 9.99 Å². The standard InChI is InChI=1S/C21H17BrClN3O3/c1-12-9-14(11-24-25-20(27)16-5-3-4-6-18(16)22)13(2)26(12)15-7-8-17(21(28)29)19(23)10-15/h3-11H,1-2H3,(H,25,27)(H,28,29)/b24-11-. The third kappa shape index (κ3) is 4.41. The van der Waals surface area contributed by atoms with Crippen LogP contribution in [0.2, 0.25) is 5.02 Å². The summed E-state index contributed by atoms with van der Waals surface area (Å²) in [4.78, 5) is 23.4. The first-order chi connectivity index (χ1) is 13.8. The lowest BCUT2D eigenvalue weighted by atomic mass is 10.2. The fraction of sp³-hybridized carbons (Fsp3) is 0.0952. The third-order valence-corrected chi connectivity index (χ3v) is 5.40. The number of halogens is 2. The second-order valence-electron chi connectivity index (χ2n) is 6.31. The molecule has 3 aromatic rings. The molecule has 0 aliphatic heterocycles. The van der Waals surface area contributed by atoms with E-state index in [0.29, 0.717) is 10.0 Å². The largest absolute Gasteiger partial charge is 0.478 e. The molecular formula is C21H17BrClN3O3. The fourth-order valence-electron chi connectivity index (χ4n) is 3.00. The molecular weight excluding hydrogens is 458 g/mol. The van der Waals surface area contributed by atoms with Crippen molar-refractivity contribution in [2.24, 2.45) is 5.10 Å². The number of aromatic nitrogens is 1. The molecule has 3 rings (SSSR count). The molecule has 0 aliphatic carbocycles. The summed E-state index contributed by atoms with van der Waals surface area (Å²) in [5.41, 5.74) is 6.41. The summed E-state index contributed by atoms with van der Waals surface area (Å²) in [6, 6.07) is 13.8. The van der Waals surface area contributed by atoms with Crippen LogP contribution in [0, 0.1) is 13.8 Å². The lowest BCUT2D eigenvalue weighted by molar-refractivity contribution is 0.0697. The van der Waals surface area contributed by atoms with Crippen LogP contribution in [-0.2, 0) is 0 Å². The van der Waals surface area contributed by atoms with Crippen molar-refractivity contribution in [2.45, 2.75) is 13.8 Å². The van der Waals surface area contributed by atoms with Crippen LogP contribution in [0.25, 0.3) is 5.69 Å². The van der Waals surface area contributed by atoms with Gasteiger partial charge in [0.2, 0.25) is 0 Å². The van der Waals surface area contributed by atoms with Gasteiger partial charge in [0.05, 0.1) is 22.4 Å². The first kappa shape index (κ1) is 20.8. The van der Waals surface area contributed by atoms with Crippen molar-refractivity contribution in [1.29, 1.82) is 0 Å². The predicted molar refractivity (Wildman–Crippen MR) is 116 cm³/mol. The van der Waals surface area contributed by atoms with E-state index in [0.717, 1.165) is 22.6 Å². The summed E-state index contributed by atoms with van der Waals surface area (Å²) in [6.45, 7) is 3.83. The first-order valence-corrected chi connectivity index (χ1v) is 9.76. The Balaban J connectivity index is 1.84. The van der Waals surface area contributed by atoms with Crippen LogP contribution in [0.5, 0.6) is 0 Å². The monoisotopic (exact) mass is 473 g/mol. The average molecular weight is 475 g/mol. The van der Waals surface area contributed by atoms with Crippen molar-refractivity contribution in [3.63, 3.8) is 0 Å². The molecule has 0 saturated heterocycles.